The molecule has 12 heteroatoms. The van der Waals surface area contributed by atoms with Gasteiger partial charge in [0.15, 0.2) is 14.1 Å². The van der Waals surface area contributed by atoms with Gasteiger partial charge in [-0.15, -0.1) is 23.3 Å². The van der Waals surface area contributed by atoms with E-state index in [1.807, 2.05) is 106 Å². The topological polar surface area (TPSA) is 91.8 Å². The van der Waals surface area contributed by atoms with Gasteiger partial charge in [0.05, 0.1) is 10.8 Å². The van der Waals surface area contributed by atoms with Crippen molar-refractivity contribution in [1.29, 1.82) is 0 Å². The Morgan fingerprint density at radius 2 is 0.919 bits per heavy atom. The summed E-state index contributed by atoms with van der Waals surface area (Å²) < 4.78 is 7.68. The number of benzene rings is 4. The van der Waals surface area contributed by atoms with Crippen LogP contribution in [0, 0.1) is 12.1 Å². The Balaban J connectivity index is 0.000000153. The van der Waals surface area contributed by atoms with Crippen molar-refractivity contribution in [2.24, 2.45) is 0 Å². The molecule has 62 heavy (non-hydrogen) atoms. The molecule has 0 amide bonds. The number of pyridine rings is 2. The molecule has 12 rings (SSSR count). The molecule has 2 aliphatic carbocycles. The van der Waals surface area contributed by atoms with E-state index in [4.69, 9.17) is 0 Å². The van der Waals surface area contributed by atoms with E-state index in [0.717, 1.165) is 56.1 Å². The molecule has 2 unspecified atom stereocenters. The summed E-state index contributed by atoms with van der Waals surface area (Å²) in [6.07, 6.45) is 19.0. The smallest absolute Gasteiger partial charge is 0.581 e. The molecular formula is C50H34N10Pt2+4. The molecule has 0 saturated heterocycles. The van der Waals surface area contributed by atoms with Crippen LogP contribution in [0.25, 0.3) is 22.3 Å². The van der Waals surface area contributed by atoms with Crippen molar-refractivity contribution in [3.05, 3.63) is 228 Å². The third-order valence-electron chi connectivity index (χ3n) is 11.7. The fraction of sp³-hybridized carbons (Fsp3) is 0.0800. The van der Waals surface area contributed by atoms with Gasteiger partial charge in [0.2, 0.25) is 12.4 Å². The molecule has 2 aliphatic heterocycles. The fourth-order valence-electron chi connectivity index (χ4n) is 9.23. The van der Waals surface area contributed by atoms with Gasteiger partial charge in [-0.05, 0) is 45.5 Å². The van der Waals surface area contributed by atoms with Crippen LogP contribution >= 0.6 is 0 Å². The summed E-state index contributed by atoms with van der Waals surface area (Å²) in [5.74, 6) is 0. The Morgan fingerprint density at radius 3 is 1.32 bits per heavy atom. The van der Waals surface area contributed by atoms with Crippen LogP contribution in [0.15, 0.2) is 171 Å². The Morgan fingerprint density at radius 1 is 0.484 bits per heavy atom. The third-order valence-corrected chi connectivity index (χ3v) is 11.7. The standard InChI is InChI=1S/2C25H17N5.2Pt/c2*1-29-13-14-30(17-29)19-6-4-5-18(15-19)25(24-10-12-27-28-24)22-8-3-2-7-20(22)21-16-26-11-9-23(21)25;;/h2*2-14,16H,1H3;;/q;;2*+2. The van der Waals surface area contributed by atoms with E-state index in [9.17, 15) is 0 Å². The van der Waals surface area contributed by atoms with Gasteiger partial charge >= 0.3 is 54.1 Å². The van der Waals surface area contributed by atoms with E-state index in [1.165, 1.54) is 22.3 Å². The number of nitrogens with zero attached hydrogens (tertiary/aromatic N) is 10. The molecule has 4 aliphatic rings. The molecule has 0 fully saturated rings. The Bertz CT molecular complexity index is 2920. The number of rotatable bonds is 6. The molecular weight excluding hydrogens is 1130 g/mol. The zero-order valence-corrected chi connectivity index (χ0v) is 37.8. The average Bonchev–Trinajstić information content (AvgIpc) is 4.17. The predicted octanol–water partition coefficient (Wildman–Crippen LogP) is 7.08. The number of aromatic nitrogens is 6. The SMILES string of the molecule is C[N+]1=C=[N+](c2[c-]c(C3(c4cc[n-]n4)c4ccccc4-c4cnccc43)ccc2)C=C1.C[N+]1=C=[N+](c2[c-]c(C3(c4cc[n-]n4)c4ccccc4-c4cnccc43)ccc2)C=C1.[Pt+2].[Pt+2]. The summed E-state index contributed by atoms with van der Waals surface area (Å²) in [4.78, 5) is 8.81. The van der Waals surface area contributed by atoms with Crippen LogP contribution in [0.1, 0.15) is 44.8 Å². The summed E-state index contributed by atoms with van der Waals surface area (Å²) in [6.45, 7) is 0. The van der Waals surface area contributed by atoms with Crippen molar-refractivity contribution in [3.8, 4) is 22.3 Å². The van der Waals surface area contributed by atoms with Crippen LogP contribution in [0.2, 0.25) is 0 Å². The average molecular weight is 1170 g/mol. The van der Waals surface area contributed by atoms with Crippen molar-refractivity contribution in [3.63, 3.8) is 0 Å². The molecule has 0 N–H and O–H groups in total. The molecule has 0 radical (unpaired) electrons. The van der Waals surface area contributed by atoms with Gasteiger partial charge < -0.3 is 20.4 Å². The van der Waals surface area contributed by atoms with Crippen molar-refractivity contribution in [2.75, 3.05) is 14.1 Å². The maximum atomic E-state index is 4.54. The number of hydrogen-bond acceptors (Lipinski definition) is 4. The zero-order valence-electron chi connectivity index (χ0n) is 33.3. The second-order valence-electron chi connectivity index (χ2n) is 14.9. The van der Waals surface area contributed by atoms with Crippen LogP contribution in [0.5, 0.6) is 0 Å². The minimum Gasteiger partial charge on any atom is -0.581 e. The summed E-state index contributed by atoms with van der Waals surface area (Å²) >= 11 is 0. The predicted molar refractivity (Wildman–Crippen MR) is 223 cm³/mol. The number of fused-ring (bicyclic) bond motifs is 6. The van der Waals surface area contributed by atoms with E-state index >= 15 is 0 Å². The first kappa shape index (κ1) is 40.6. The minimum atomic E-state index is -0.600. The van der Waals surface area contributed by atoms with E-state index in [-0.39, 0.29) is 42.1 Å². The summed E-state index contributed by atoms with van der Waals surface area (Å²) in [7, 11) is 3.91. The van der Waals surface area contributed by atoms with E-state index in [2.05, 4.69) is 139 Å². The molecule has 4 aromatic carbocycles. The van der Waals surface area contributed by atoms with Crippen LogP contribution in [-0.4, -0.2) is 64.6 Å². The maximum absolute atomic E-state index is 4.54. The summed E-state index contributed by atoms with van der Waals surface area (Å²) in [5, 5.41) is 17.4. The Labute approximate surface area is 387 Å². The van der Waals surface area contributed by atoms with Crippen molar-refractivity contribution >= 4 is 23.4 Å². The monoisotopic (exact) mass is 1160 g/mol. The molecule has 0 saturated carbocycles. The molecule has 6 heterocycles. The van der Waals surface area contributed by atoms with Gasteiger partial charge in [-0.1, -0.05) is 91.1 Å². The van der Waals surface area contributed by atoms with E-state index in [0.29, 0.717) is 0 Å². The Kier molecular flexibility index (Phi) is 10.6. The normalized spacial score (nSPS) is 18.1. The van der Waals surface area contributed by atoms with E-state index < -0.39 is 10.8 Å². The van der Waals surface area contributed by atoms with Crippen LogP contribution in [0.3, 0.4) is 0 Å². The van der Waals surface area contributed by atoms with Gasteiger partial charge in [-0.3, -0.25) is 9.97 Å². The first-order valence-electron chi connectivity index (χ1n) is 19.5. The van der Waals surface area contributed by atoms with Gasteiger partial charge in [0, 0.05) is 47.3 Å². The minimum absolute atomic E-state index is 0. The quantitative estimate of drug-likeness (QED) is 0.131. The van der Waals surface area contributed by atoms with Gasteiger partial charge in [-0.2, -0.15) is 36.7 Å². The van der Waals surface area contributed by atoms with E-state index in [1.54, 1.807) is 12.4 Å². The first-order chi connectivity index (χ1) is 29.6. The molecule has 8 aromatic rings. The van der Waals surface area contributed by atoms with Gasteiger partial charge in [0.1, 0.15) is 11.4 Å². The first-order valence-corrected chi connectivity index (χ1v) is 19.5. The largest absolute Gasteiger partial charge is 2.00 e. The van der Waals surface area contributed by atoms with Crippen LogP contribution < -0.4 is 10.2 Å². The molecule has 10 nitrogen and oxygen atoms in total. The van der Waals surface area contributed by atoms with Gasteiger partial charge in [0.25, 0.3) is 12.4 Å². The van der Waals surface area contributed by atoms with Crippen LogP contribution in [-0.2, 0) is 53.0 Å². The van der Waals surface area contributed by atoms with Crippen LogP contribution in [0.4, 0.5) is 11.4 Å². The van der Waals surface area contributed by atoms with Crippen molar-refractivity contribution < 1.29 is 60.4 Å². The third kappa shape index (κ3) is 6.18. The van der Waals surface area contributed by atoms with Crippen molar-refractivity contribution in [1.82, 2.24) is 30.4 Å². The second-order valence-corrected chi connectivity index (χ2v) is 14.9. The molecule has 4 aromatic heterocycles. The number of hydrogen-bond donors (Lipinski definition) is 0. The summed E-state index contributed by atoms with van der Waals surface area (Å²) in [5.41, 5.74) is 13.7. The Hall–Kier alpha value is -6.78. The molecule has 0 bridgehead atoms. The molecule has 2 atom stereocenters. The fourth-order valence-corrected chi connectivity index (χ4v) is 9.23. The summed E-state index contributed by atoms with van der Waals surface area (Å²) in [6, 6.07) is 51.4. The molecule has 0 spiro atoms. The molecule has 300 valence electrons. The second kappa shape index (κ2) is 16.2. The van der Waals surface area contributed by atoms with Gasteiger partial charge in [-0.25, -0.2) is 0 Å². The van der Waals surface area contributed by atoms with Crippen molar-refractivity contribution in [2.45, 2.75) is 10.8 Å². The zero-order chi connectivity index (χ0) is 40.3. The maximum Gasteiger partial charge on any atom is 2.00 e.